The molecule has 0 aliphatic heterocycles. The third-order valence-electron chi connectivity index (χ3n) is 4.80. The lowest BCUT2D eigenvalue weighted by molar-refractivity contribution is -0.116. The van der Waals surface area contributed by atoms with Gasteiger partial charge in [-0.15, -0.1) is 0 Å². The molecule has 4 rings (SSSR count). The Hall–Kier alpha value is -3.71. The zero-order valence-electron chi connectivity index (χ0n) is 15.9. The summed E-state index contributed by atoms with van der Waals surface area (Å²) in [5, 5.41) is 17.2. The third kappa shape index (κ3) is 3.55. The van der Waals surface area contributed by atoms with Crippen LogP contribution in [0.1, 0.15) is 11.1 Å². The number of fused-ring (bicyclic) bond motifs is 1. The first-order chi connectivity index (χ1) is 14.1. The Morgan fingerprint density at radius 3 is 2.52 bits per heavy atom. The van der Waals surface area contributed by atoms with Crippen molar-refractivity contribution in [1.82, 2.24) is 14.2 Å². The van der Waals surface area contributed by atoms with Gasteiger partial charge in [-0.3, -0.25) is 9.59 Å². The molecule has 0 atom stereocenters. The number of nitrogens with zero attached hydrogens (tertiary/aromatic N) is 3. The molecule has 146 valence electrons. The number of carbonyl (C=O) groups excluding carboxylic acids is 1. The van der Waals surface area contributed by atoms with Crippen molar-refractivity contribution in [2.24, 2.45) is 0 Å². The van der Waals surface area contributed by atoms with Gasteiger partial charge in [0.1, 0.15) is 12.1 Å². The number of nitrogens with one attached hydrogen (secondary N) is 1. The van der Waals surface area contributed by atoms with Crippen molar-refractivity contribution in [2.75, 3.05) is 5.32 Å². The Kier molecular flexibility index (Phi) is 4.97. The maximum absolute atomic E-state index is 13.0. The van der Waals surface area contributed by atoms with E-state index in [2.05, 4.69) is 10.4 Å². The first-order valence-corrected chi connectivity index (χ1v) is 9.21. The third-order valence-corrected chi connectivity index (χ3v) is 4.80. The minimum Gasteiger partial charge on any atom is -0.392 e. The summed E-state index contributed by atoms with van der Waals surface area (Å²) in [6, 6.07) is 16.8. The molecule has 0 unspecified atom stereocenters. The number of hydrogen-bond acceptors (Lipinski definition) is 4. The molecule has 7 heteroatoms. The molecular weight excluding hydrogens is 368 g/mol. The second-order valence-corrected chi connectivity index (χ2v) is 6.74. The number of aryl methyl sites for hydroxylation is 1. The lowest BCUT2D eigenvalue weighted by Crippen LogP contribution is -2.28. The number of para-hydroxylation sites is 1. The van der Waals surface area contributed by atoms with E-state index in [9.17, 15) is 14.7 Å². The van der Waals surface area contributed by atoms with Crippen molar-refractivity contribution >= 4 is 17.1 Å². The molecule has 0 saturated heterocycles. The first-order valence-electron chi connectivity index (χ1n) is 9.21. The number of carbonyl (C=O) groups is 1. The fraction of sp³-hybridized carbons (Fsp3) is 0.136. The summed E-state index contributed by atoms with van der Waals surface area (Å²) in [5.74, 6) is -0.306. The Bertz CT molecular complexity index is 1240. The number of aromatic nitrogens is 3. The van der Waals surface area contributed by atoms with Crippen molar-refractivity contribution < 1.29 is 9.90 Å². The number of aliphatic hydroxyl groups excluding tert-OH is 1. The molecule has 0 spiro atoms. The van der Waals surface area contributed by atoms with Gasteiger partial charge in [0, 0.05) is 29.2 Å². The zero-order valence-corrected chi connectivity index (χ0v) is 15.9. The highest BCUT2D eigenvalue weighted by Crippen LogP contribution is 2.24. The van der Waals surface area contributed by atoms with E-state index in [1.807, 2.05) is 61.5 Å². The van der Waals surface area contributed by atoms with Crippen molar-refractivity contribution in [3.05, 3.63) is 88.5 Å². The molecule has 2 N–H and O–H groups in total. The van der Waals surface area contributed by atoms with Gasteiger partial charge in [-0.2, -0.15) is 5.10 Å². The summed E-state index contributed by atoms with van der Waals surface area (Å²) in [6.45, 7) is 1.43. The summed E-state index contributed by atoms with van der Waals surface area (Å²) >= 11 is 0. The van der Waals surface area contributed by atoms with Crippen molar-refractivity contribution in [2.45, 2.75) is 20.1 Å². The predicted octanol–water partition coefficient (Wildman–Crippen LogP) is 2.60. The molecule has 1 amide bonds. The molecule has 7 nitrogen and oxygen atoms in total. The smallest absolute Gasteiger partial charge is 0.277 e. The Morgan fingerprint density at radius 1 is 1.07 bits per heavy atom. The number of benzene rings is 2. The Labute approximate surface area is 166 Å². The van der Waals surface area contributed by atoms with Crippen LogP contribution in [-0.2, 0) is 17.9 Å². The van der Waals surface area contributed by atoms with Crippen LogP contribution >= 0.6 is 0 Å². The minimum atomic E-state index is -0.383. The van der Waals surface area contributed by atoms with Crippen LogP contribution in [0.5, 0.6) is 0 Å². The molecule has 2 heterocycles. The maximum Gasteiger partial charge on any atom is 0.277 e. The largest absolute Gasteiger partial charge is 0.392 e. The van der Waals surface area contributed by atoms with Crippen LogP contribution < -0.4 is 10.9 Å². The van der Waals surface area contributed by atoms with Gasteiger partial charge in [0.15, 0.2) is 0 Å². The van der Waals surface area contributed by atoms with Crippen LogP contribution in [0.2, 0.25) is 0 Å². The first kappa shape index (κ1) is 18.6. The van der Waals surface area contributed by atoms with E-state index in [-0.39, 0.29) is 30.1 Å². The molecule has 0 aliphatic rings. The number of amides is 1. The summed E-state index contributed by atoms with van der Waals surface area (Å²) in [4.78, 5) is 25.5. The van der Waals surface area contributed by atoms with Gasteiger partial charge < -0.3 is 15.0 Å². The van der Waals surface area contributed by atoms with Crippen LogP contribution in [-0.4, -0.2) is 25.2 Å². The van der Waals surface area contributed by atoms with Crippen LogP contribution in [0.4, 0.5) is 5.69 Å². The van der Waals surface area contributed by atoms with Crippen LogP contribution in [0.15, 0.2) is 71.8 Å². The van der Waals surface area contributed by atoms with Crippen LogP contribution in [0, 0.1) is 6.92 Å². The van der Waals surface area contributed by atoms with Crippen molar-refractivity contribution in [3.63, 3.8) is 0 Å². The van der Waals surface area contributed by atoms with Gasteiger partial charge in [0.2, 0.25) is 5.91 Å². The summed E-state index contributed by atoms with van der Waals surface area (Å²) in [6.07, 6.45) is 3.14. The molecule has 2 aromatic carbocycles. The lowest BCUT2D eigenvalue weighted by atomic mass is 10.1. The zero-order chi connectivity index (χ0) is 20.4. The van der Waals surface area contributed by atoms with Crippen LogP contribution in [0.3, 0.4) is 0 Å². The van der Waals surface area contributed by atoms with E-state index in [1.54, 1.807) is 6.20 Å². The predicted molar refractivity (Wildman–Crippen MR) is 111 cm³/mol. The number of rotatable bonds is 5. The van der Waals surface area contributed by atoms with Crippen molar-refractivity contribution in [3.8, 4) is 11.3 Å². The topological polar surface area (TPSA) is 88.6 Å². The number of hydrogen-bond donors (Lipinski definition) is 2. The average molecular weight is 388 g/mol. The van der Waals surface area contributed by atoms with E-state index in [0.29, 0.717) is 16.9 Å². The van der Waals surface area contributed by atoms with Gasteiger partial charge in [-0.1, -0.05) is 48.5 Å². The highest BCUT2D eigenvalue weighted by Gasteiger charge is 2.18. The summed E-state index contributed by atoms with van der Waals surface area (Å²) in [5.41, 5.74) is 3.32. The van der Waals surface area contributed by atoms with E-state index in [1.165, 1.54) is 15.3 Å². The molecule has 29 heavy (non-hydrogen) atoms. The maximum atomic E-state index is 13.0. The number of aliphatic hydroxyl groups is 1. The van der Waals surface area contributed by atoms with Gasteiger partial charge >= 0.3 is 0 Å². The molecule has 4 aromatic rings. The monoisotopic (exact) mass is 388 g/mol. The quantitative estimate of drug-likeness (QED) is 0.550. The molecule has 2 aromatic heterocycles. The highest BCUT2D eigenvalue weighted by molar-refractivity contribution is 5.91. The second kappa shape index (κ2) is 7.73. The number of anilines is 1. The molecule has 0 radical (unpaired) electrons. The molecule has 0 aliphatic carbocycles. The second-order valence-electron chi connectivity index (χ2n) is 6.74. The van der Waals surface area contributed by atoms with Gasteiger partial charge in [0.25, 0.3) is 5.56 Å². The van der Waals surface area contributed by atoms with Gasteiger partial charge in [-0.25, -0.2) is 4.52 Å². The van der Waals surface area contributed by atoms with Crippen molar-refractivity contribution in [1.29, 1.82) is 0 Å². The molecule has 0 saturated carbocycles. The normalized spacial score (nSPS) is 11.0. The van der Waals surface area contributed by atoms with E-state index < -0.39 is 0 Å². The SMILES string of the molecule is Cc1ccccc1NC(=O)Cn1ccn2nc(-c3ccccc3)c(CO)c2c1=O. The molecular formula is C22H20N4O3. The highest BCUT2D eigenvalue weighted by atomic mass is 16.3. The molecule has 0 fully saturated rings. The van der Waals surface area contributed by atoms with Gasteiger partial charge in [0.05, 0.1) is 12.3 Å². The summed E-state index contributed by atoms with van der Waals surface area (Å²) < 4.78 is 2.77. The van der Waals surface area contributed by atoms with E-state index >= 15 is 0 Å². The van der Waals surface area contributed by atoms with Gasteiger partial charge in [-0.05, 0) is 18.6 Å². The van der Waals surface area contributed by atoms with Crippen LogP contribution in [0.25, 0.3) is 16.8 Å². The fourth-order valence-corrected chi connectivity index (χ4v) is 3.31. The Balaban J connectivity index is 1.70. The average Bonchev–Trinajstić information content (AvgIpc) is 3.12. The lowest BCUT2D eigenvalue weighted by Gasteiger charge is -2.10. The standard InChI is InChI=1S/C22H20N4O3/c1-15-7-5-6-10-18(15)23-19(28)13-25-11-12-26-21(22(25)29)17(14-27)20(24-26)16-8-3-2-4-9-16/h2-12,27H,13-14H2,1H3,(H,23,28). The fourth-order valence-electron chi connectivity index (χ4n) is 3.31. The summed E-state index contributed by atoms with van der Waals surface area (Å²) in [7, 11) is 0. The minimum absolute atomic E-state index is 0.139. The molecule has 0 bridgehead atoms. The Morgan fingerprint density at radius 2 is 1.79 bits per heavy atom. The van der Waals surface area contributed by atoms with E-state index in [0.717, 1.165) is 11.1 Å². The van der Waals surface area contributed by atoms with E-state index in [4.69, 9.17) is 0 Å².